The second kappa shape index (κ2) is 7.94. The third kappa shape index (κ3) is 4.20. The number of ether oxygens (including phenoxy) is 1. The lowest BCUT2D eigenvalue weighted by atomic mass is 10.2. The summed E-state index contributed by atoms with van der Waals surface area (Å²) in [4.78, 5) is 20.1. The van der Waals surface area contributed by atoms with Crippen molar-refractivity contribution in [1.82, 2.24) is 24.8 Å². The predicted octanol–water partition coefficient (Wildman–Crippen LogP) is 2.35. The maximum atomic E-state index is 5.94. The van der Waals surface area contributed by atoms with E-state index in [0.717, 1.165) is 37.6 Å². The lowest BCUT2D eigenvalue weighted by Gasteiger charge is -2.33. The highest BCUT2D eigenvalue weighted by Crippen LogP contribution is 2.18. The minimum absolute atomic E-state index is 0.104. The van der Waals surface area contributed by atoms with Crippen molar-refractivity contribution in [3.05, 3.63) is 53.6 Å². The van der Waals surface area contributed by atoms with E-state index < -0.39 is 0 Å². The van der Waals surface area contributed by atoms with Gasteiger partial charge in [0.25, 0.3) is 0 Å². The number of aromatic nitrogens is 4. The molecular formula is C20H24N6O. The monoisotopic (exact) mass is 364 g/mol. The Morgan fingerprint density at radius 3 is 2.78 bits per heavy atom. The van der Waals surface area contributed by atoms with Crippen LogP contribution in [0.1, 0.15) is 17.0 Å². The first-order valence-electron chi connectivity index (χ1n) is 9.27. The van der Waals surface area contributed by atoms with Crippen LogP contribution in [0, 0.1) is 13.8 Å². The number of hydrogen-bond acceptors (Lipinski definition) is 7. The second-order valence-corrected chi connectivity index (χ2v) is 6.88. The first-order valence-corrected chi connectivity index (χ1v) is 9.27. The molecule has 140 valence electrons. The summed E-state index contributed by atoms with van der Waals surface area (Å²) in [5, 5.41) is 3.38. The first kappa shape index (κ1) is 17.8. The van der Waals surface area contributed by atoms with E-state index in [1.807, 2.05) is 19.9 Å². The SMILES string of the molecule is Cc1nc2ncnc(NC[C@H]3CN(Cc4ccccc4)CCO3)c2nc1C. The van der Waals surface area contributed by atoms with Crippen molar-refractivity contribution >= 4 is 17.0 Å². The number of rotatable bonds is 5. The predicted molar refractivity (Wildman–Crippen MR) is 105 cm³/mol. The van der Waals surface area contributed by atoms with Crippen molar-refractivity contribution in [2.45, 2.75) is 26.5 Å². The highest BCUT2D eigenvalue weighted by atomic mass is 16.5. The minimum atomic E-state index is 0.104. The smallest absolute Gasteiger partial charge is 0.183 e. The van der Waals surface area contributed by atoms with E-state index in [4.69, 9.17) is 4.74 Å². The molecule has 7 nitrogen and oxygen atoms in total. The zero-order valence-corrected chi connectivity index (χ0v) is 15.7. The van der Waals surface area contributed by atoms with Gasteiger partial charge in [0, 0.05) is 26.2 Å². The first-order chi connectivity index (χ1) is 13.2. The molecule has 1 N–H and O–H groups in total. The number of hydrogen-bond donors (Lipinski definition) is 1. The van der Waals surface area contributed by atoms with Gasteiger partial charge in [0.05, 0.1) is 24.1 Å². The van der Waals surface area contributed by atoms with E-state index in [1.54, 1.807) is 0 Å². The second-order valence-electron chi connectivity index (χ2n) is 6.88. The average Bonchev–Trinajstić information content (AvgIpc) is 2.68. The summed E-state index contributed by atoms with van der Waals surface area (Å²) in [6, 6.07) is 10.5. The molecule has 2 aromatic heterocycles. The number of anilines is 1. The summed E-state index contributed by atoms with van der Waals surface area (Å²) in [5.41, 5.74) is 4.43. The molecule has 1 saturated heterocycles. The number of fused-ring (bicyclic) bond motifs is 1. The van der Waals surface area contributed by atoms with Crippen LogP contribution in [0.15, 0.2) is 36.7 Å². The molecule has 0 aliphatic carbocycles. The molecule has 0 amide bonds. The van der Waals surface area contributed by atoms with Gasteiger partial charge < -0.3 is 10.1 Å². The van der Waals surface area contributed by atoms with Gasteiger partial charge in [-0.2, -0.15) is 0 Å². The molecular weight excluding hydrogens is 340 g/mol. The quantitative estimate of drug-likeness (QED) is 0.745. The van der Waals surface area contributed by atoms with Gasteiger partial charge in [-0.3, -0.25) is 4.90 Å². The van der Waals surface area contributed by atoms with Crippen LogP contribution in [-0.4, -0.2) is 57.2 Å². The number of nitrogens with one attached hydrogen (secondary N) is 1. The van der Waals surface area contributed by atoms with Gasteiger partial charge in [0.1, 0.15) is 6.33 Å². The molecule has 0 bridgehead atoms. The van der Waals surface area contributed by atoms with Gasteiger partial charge in [-0.25, -0.2) is 19.9 Å². The van der Waals surface area contributed by atoms with E-state index >= 15 is 0 Å². The molecule has 1 atom stereocenters. The summed E-state index contributed by atoms with van der Waals surface area (Å²) < 4.78 is 5.94. The number of aryl methyl sites for hydroxylation is 2. The maximum Gasteiger partial charge on any atom is 0.183 e. The van der Waals surface area contributed by atoms with Crippen molar-refractivity contribution < 1.29 is 4.74 Å². The topological polar surface area (TPSA) is 76.1 Å². The highest BCUT2D eigenvalue weighted by Gasteiger charge is 2.21. The third-order valence-corrected chi connectivity index (χ3v) is 4.85. The standard InChI is InChI=1S/C20H24N6O/c1-14-15(2)25-20-18(24-14)19(22-13-23-20)21-10-17-12-26(8-9-27-17)11-16-6-4-3-5-7-16/h3-7,13,17H,8-12H2,1-2H3,(H,21,22,23,25)/t17-/m0/s1. The average molecular weight is 364 g/mol. The molecule has 4 rings (SSSR count). The van der Waals surface area contributed by atoms with Crippen LogP contribution in [0.3, 0.4) is 0 Å². The Morgan fingerprint density at radius 2 is 1.93 bits per heavy atom. The van der Waals surface area contributed by atoms with E-state index in [9.17, 15) is 0 Å². The maximum absolute atomic E-state index is 5.94. The fraction of sp³-hybridized carbons (Fsp3) is 0.400. The van der Waals surface area contributed by atoms with Crippen molar-refractivity contribution in [3.63, 3.8) is 0 Å². The zero-order chi connectivity index (χ0) is 18.6. The number of benzene rings is 1. The van der Waals surface area contributed by atoms with E-state index in [2.05, 4.69) is 54.4 Å². The molecule has 1 aliphatic rings. The Labute approximate surface area is 158 Å². The lowest BCUT2D eigenvalue weighted by molar-refractivity contribution is -0.0240. The molecule has 3 aromatic rings. The number of morpholine rings is 1. The molecule has 1 aromatic carbocycles. The van der Waals surface area contributed by atoms with E-state index in [0.29, 0.717) is 23.5 Å². The summed E-state index contributed by atoms with van der Waals surface area (Å²) in [6.07, 6.45) is 1.63. The van der Waals surface area contributed by atoms with Crippen LogP contribution in [-0.2, 0) is 11.3 Å². The molecule has 0 unspecified atom stereocenters. The van der Waals surface area contributed by atoms with Crippen LogP contribution < -0.4 is 5.32 Å². The Bertz CT molecular complexity index is 917. The summed E-state index contributed by atoms with van der Waals surface area (Å²) in [6.45, 7) is 8.08. The molecule has 0 saturated carbocycles. The normalized spacial score (nSPS) is 17.9. The van der Waals surface area contributed by atoms with Gasteiger partial charge >= 0.3 is 0 Å². The van der Waals surface area contributed by atoms with Gasteiger partial charge in [-0.1, -0.05) is 30.3 Å². The van der Waals surface area contributed by atoms with Crippen molar-refractivity contribution in [3.8, 4) is 0 Å². The van der Waals surface area contributed by atoms with Crippen molar-refractivity contribution in [1.29, 1.82) is 0 Å². The Kier molecular flexibility index (Phi) is 5.22. The zero-order valence-electron chi connectivity index (χ0n) is 15.7. The molecule has 1 aliphatic heterocycles. The van der Waals surface area contributed by atoms with E-state index in [1.165, 1.54) is 11.9 Å². The van der Waals surface area contributed by atoms with Crippen molar-refractivity contribution in [2.24, 2.45) is 0 Å². The van der Waals surface area contributed by atoms with Gasteiger partial charge in [-0.15, -0.1) is 0 Å². The molecule has 1 fully saturated rings. The summed E-state index contributed by atoms with van der Waals surface area (Å²) >= 11 is 0. The van der Waals surface area contributed by atoms with Gasteiger partial charge in [0.2, 0.25) is 0 Å². The van der Waals surface area contributed by atoms with Crippen molar-refractivity contribution in [2.75, 3.05) is 31.6 Å². The Balaban J connectivity index is 1.41. The van der Waals surface area contributed by atoms with Crippen LogP contribution in [0.4, 0.5) is 5.82 Å². The van der Waals surface area contributed by atoms with Crippen LogP contribution >= 0.6 is 0 Å². The largest absolute Gasteiger partial charge is 0.374 e. The Hall–Kier alpha value is -2.64. The Morgan fingerprint density at radius 1 is 1.11 bits per heavy atom. The fourth-order valence-electron chi connectivity index (χ4n) is 3.27. The molecule has 27 heavy (non-hydrogen) atoms. The summed E-state index contributed by atoms with van der Waals surface area (Å²) in [5.74, 6) is 0.708. The summed E-state index contributed by atoms with van der Waals surface area (Å²) in [7, 11) is 0. The fourth-order valence-corrected chi connectivity index (χ4v) is 3.27. The lowest BCUT2D eigenvalue weighted by Crippen LogP contribution is -2.44. The van der Waals surface area contributed by atoms with Gasteiger partial charge in [-0.05, 0) is 19.4 Å². The van der Waals surface area contributed by atoms with Gasteiger partial charge in [0.15, 0.2) is 17.0 Å². The molecule has 0 spiro atoms. The van der Waals surface area contributed by atoms with Crippen LogP contribution in [0.5, 0.6) is 0 Å². The molecule has 3 heterocycles. The van der Waals surface area contributed by atoms with Crippen LogP contribution in [0.25, 0.3) is 11.2 Å². The number of nitrogens with zero attached hydrogens (tertiary/aromatic N) is 5. The molecule has 7 heteroatoms. The minimum Gasteiger partial charge on any atom is -0.374 e. The third-order valence-electron chi connectivity index (χ3n) is 4.85. The van der Waals surface area contributed by atoms with E-state index in [-0.39, 0.29) is 6.10 Å². The molecule has 0 radical (unpaired) electrons. The highest BCUT2D eigenvalue weighted by molar-refractivity contribution is 5.82. The van der Waals surface area contributed by atoms with Crippen LogP contribution in [0.2, 0.25) is 0 Å².